The summed E-state index contributed by atoms with van der Waals surface area (Å²) in [5.41, 5.74) is 1.05. The first-order valence-electron chi connectivity index (χ1n) is 8.51. The second-order valence-electron chi connectivity index (χ2n) is 6.15. The highest BCUT2D eigenvalue weighted by Gasteiger charge is 2.24. The average Bonchev–Trinajstić information content (AvgIpc) is 2.60. The average molecular weight is 375 g/mol. The van der Waals surface area contributed by atoms with Crippen molar-refractivity contribution in [3.63, 3.8) is 0 Å². The smallest absolute Gasteiger partial charge is 0.251 e. The standard InChI is InChI=1S/C20H23ClN2O3/c1-4-26-17-10-8-14(9-11-17)19(24)23-18(13(2)3)20(25)22-16-7-5-6-15(21)12-16/h5-13,18H,4H2,1-3H3,(H,22,25)(H,23,24)/t18-/m1/s1. The molecule has 0 bridgehead atoms. The Morgan fingerprint density at radius 3 is 2.38 bits per heavy atom. The van der Waals surface area contributed by atoms with Gasteiger partial charge in [0.2, 0.25) is 5.91 Å². The zero-order valence-corrected chi connectivity index (χ0v) is 15.8. The molecular weight excluding hydrogens is 352 g/mol. The highest BCUT2D eigenvalue weighted by atomic mass is 35.5. The van der Waals surface area contributed by atoms with Crippen LogP contribution in [-0.2, 0) is 4.79 Å². The van der Waals surface area contributed by atoms with Crippen LogP contribution in [0.3, 0.4) is 0 Å². The van der Waals surface area contributed by atoms with Crippen LogP contribution in [0.15, 0.2) is 48.5 Å². The maximum absolute atomic E-state index is 12.6. The minimum Gasteiger partial charge on any atom is -0.494 e. The van der Waals surface area contributed by atoms with Crippen LogP contribution in [0, 0.1) is 5.92 Å². The quantitative estimate of drug-likeness (QED) is 0.765. The summed E-state index contributed by atoms with van der Waals surface area (Å²) in [6.07, 6.45) is 0. The summed E-state index contributed by atoms with van der Waals surface area (Å²) < 4.78 is 5.37. The lowest BCUT2D eigenvalue weighted by Gasteiger charge is -2.22. The van der Waals surface area contributed by atoms with Crippen molar-refractivity contribution in [3.8, 4) is 5.75 Å². The molecule has 0 unspecified atom stereocenters. The number of rotatable bonds is 7. The van der Waals surface area contributed by atoms with Gasteiger partial charge >= 0.3 is 0 Å². The monoisotopic (exact) mass is 374 g/mol. The number of ether oxygens (including phenoxy) is 1. The van der Waals surface area contributed by atoms with E-state index in [1.807, 2.05) is 20.8 Å². The van der Waals surface area contributed by atoms with Crippen LogP contribution in [0.1, 0.15) is 31.1 Å². The van der Waals surface area contributed by atoms with Gasteiger partial charge < -0.3 is 15.4 Å². The van der Waals surface area contributed by atoms with E-state index in [0.717, 1.165) is 0 Å². The van der Waals surface area contributed by atoms with Gasteiger partial charge in [-0.2, -0.15) is 0 Å². The Morgan fingerprint density at radius 1 is 1.12 bits per heavy atom. The number of carbonyl (C=O) groups is 2. The molecule has 2 aromatic carbocycles. The van der Waals surface area contributed by atoms with Gasteiger partial charge in [-0.3, -0.25) is 9.59 Å². The molecule has 0 aromatic heterocycles. The van der Waals surface area contributed by atoms with Crippen LogP contribution >= 0.6 is 11.6 Å². The molecule has 0 heterocycles. The Hall–Kier alpha value is -2.53. The molecule has 1 atom stereocenters. The first-order chi connectivity index (χ1) is 12.4. The van der Waals surface area contributed by atoms with E-state index >= 15 is 0 Å². The first-order valence-corrected chi connectivity index (χ1v) is 8.88. The Kier molecular flexibility index (Phi) is 7.04. The SMILES string of the molecule is CCOc1ccc(C(=O)N[C@@H](C(=O)Nc2cccc(Cl)c2)C(C)C)cc1. The molecule has 2 N–H and O–H groups in total. The number of amides is 2. The molecule has 0 aliphatic heterocycles. The Labute approximate surface area is 158 Å². The molecule has 0 fully saturated rings. The van der Waals surface area contributed by atoms with Crippen molar-refractivity contribution in [2.45, 2.75) is 26.8 Å². The Bertz CT molecular complexity index is 760. The van der Waals surface area contributed by atoms with E-state index in [4.69, 9.17) is 16.3 Å². The van der Waals surface area contributed by atoms with Crippen molar-refractivity contribution in [2.75, 3.05) is 11.9 Å². The maximum atomic E-state index is 12.6. The Morgan fingerprint density at radius 2 is 1.81 bits per heavy atom. The van der Waals surface area contributed by atoms with Crippen molar-refractivity contribution in [2.24, 2.45) is 5.92 Å². The van der Waals surface area contributed by atoms with Crippen LogP contribution in [-0.4, -0.2) is 24.5 Å². The van der Waals surface area contributed by atoms with Crippen LogP contribution in [0.4, 0.5) is 5.69 Å². The molecule has 138 valence electrons. The lowest BCUT2D eigenvalue weighted by atomic mass is 10.0. The van der Waals surface area contributed by atoms with Gasteiger partial charge in [-0.1, -0.05) is 31.5 Å². The van der Waals surface area contributed by atoms with Gasteiger partial charge in [-0.25, -0.2) is 0 Å². The molecule has 0 saturated carbocycles. The number of hydrogen-bond donors (Lipinski definition) is 2. The third-order valence-electron chi connectivity index (χ3n) is 3.76. The number of hydrogen-bond acceptors (Lipinski definition) is 3. The predicted molar refractivity (Wildman–Crippen MR) is 104 cm³/mol. The van der Waals surface area contributed by atoms with Gasteiger partial charge in [0.05, 0.1) is 6.61 Å². The van der Waals surface area contributed by atoms with E-state index in [9.17, 15) is 9.59 Å². The van der Waals surface area contributed by atoms with Crippen molar-refractivity contribution < 1.29 is 14.3 Å². The van der Waals surface area contributed by atoms with Gasteiger partial charge in [0, 0.05) is 16.3 Å². The lowest BCUT2D eigenvalue weighted by Crippen LogP contribution is -2.47. The van der Waals surface area contributed by atoms with Crippen molar-refractivity contribution in [3.05, 3.63) is 59.1 Å². The van der Waals surface area contributed by atoms with E-state index in [-0.39, 0.29) is 17.7 Å². The zero-order chi connectivity index (χ0) is 19.1. The highest BCUT2D eigenvalue weighted by Crippen LogP contribution is 2.17. The van der Waals surface area contributed by atoms with E-state index < -0.39 is 6.04 Å². The normalized spacial score (nSPS) is 11.7. The molecule has 2 rings (SSSR count). The van der Waals surface area contributed by atoms with Gasteiger partial charge in [0.25, 0.3) is 5.91 Å². The van der Waals surface area contributed by atoms with Gasteiger partial charge in [0.1, 0.15) is 11.8 Å². The third kappa shape index (κ3) is 5.49. The molecule has 2 amide bonds. The highest BCUT2D eigenvalue weighted by molar-refractivity contribution is 6.30. The molecular formula is C20H23ClN2O3. The Balaban J connectivity index is 2.06. The number of nitrogens with one attached hydrogen (secondary N) is 2. The summed E-state index contributed by atoms with van der Waals surface area (Å²) >= 11 is 5.94. The van der Waals surface area contributed by atoms with Crippen molar-refractivity contribution >= 4 is 29.1 Å². The molecule has 0 radical (unpaired) electrons. The number of benzene rings is 2. The zero-order valence-electron chi connectivity index (χ0n) is 15.1. The topological polar surface area (TPSA) is 67.4 Å². The van der Waals surface area contributed by atoms with Gasteiger partial charge in [0.15, 0.2) is 0 Å². The maximum Gasteiger partial charge on any atom is 0.251 e. The minimum atomic E-state index is -0.673. The molecule has 6 heteroatoms. The largest absolute Gasteiger partial charge is 0.494 e. The lowest BCUT2D eigenvalue weighted by molar-refractivity contribution is -0.118. The summed E-state index contributed by atoms with van der Waals surface area (Å²) in [5, 5.41) is 6.11. The number of halogens is 1. The van der Waals surface area contributed by atoms with Crippen LogP contribution in [0.25, 0.3) is 0 Å². The molecule has 0 aliphatic carbocycles. The fourth-order valence-electron chi connectivity index (χ4n) is 2.41. The molecule has 5 nitrogen and oxygen atoms in total. The summed E-state index contributed by atoms with van der Waals surface area (Å²) in [6.45, 7) is 6.21. The molecule has 0 spiro atoms. The minimum absolute atomic E-state index is 0.0826. The van der Waals surface area contributed by atoms with E-state index in [1.165, 1.54) is 0 Å². The summed E-state index contributed by atoms with van der Waals surface area (Å²) in [6, 6.07) is 13.0. The van der Waals surface area contributed by atoms with Crippen molar-refractivity contribution in [1.82, 2.24) is 5.32 Å². The van der Waals surface area contributed by atoms with Gasteiger partial charge in [-0.15, -0.1) is 0 Å². The summed E-state index contributed by atoms with van der Waals surface area (Å²) in [7, 11) is 0. The van der Waals surface area contributed by atoms with Crippen LogP contribution in [0.5, 0.6) is 5.75 Å². The van der Waals surface area contributed by atoms with Crippen molar-refractivity contribution in [1.29, 1.82) is 0 Å². The first kappa shape index (κ1) is 19.8. The molecule has 26 heavy (non-hydrogen) atoms. The van der Waals surface area contributed by atoms with Crippen LogP contribution < -0.4 is 15.4 Å². The molecule has 2 aromatic rings. The molecule has 0 saturated heterocycles. The fourth-order valence-corrected chi connectivity index (χ4v) is 2.61. The predicted octanol–water partition coefficient (Wildman–Crippen LogP) is 4.13. The van der Waals surface area contributed by atoms with E-state index in [2.05, 4.69) is 10.6 Å². The van der Waals surface area contributed by atoms with E-state index in [1.54, 1.807) is 48.5 Å². The second-order valence-corrected chi connectivity index (χ2v) is 6.59. The van der Waals surface area contributed by atoms with Gasteiger partial charge in [-0.05, 0) is 55.3 Å². The number of anilines is 1. The fraction of sp³-hybridized carbons (Fsp3) is 0.300. The summed E-state index contributed by atoms with van der Waals surface area (Å²) in [5.74, 6) is 0.0125. The summed E-state index contributed by atoms with van der Waals surface area (Å²) in [4.78, 5) is 25.1. The molecule has 0 aliphatic rings. The van der Waals surface area contributed by atoms with Crippen LogP contribution in [0.2, 0.25) is 5.02 Å². The number of carbonyl (C=O) groups excluding carboxylic acids is 2. The van der Waals surface area contributed by atoms with E-state index in [0.29, 0.717) is 28.6 Å². The second kappa shape index (κ2) is 9.25. The third-order valence-corrected chi connectivity index (χ3v) is 3.99.